The predicted molar refractivity (Wildman–Crippen MR) is 84.5 cm³/mol. The zero-order chi connectivity index (χ0) is 14.1. The third-order valence-corrected chi connectivity index (χ3v) is 4.27. The number of rotatable bonds is 3. The van der Waals surface area contributed by atoms with Crippen molar-refractivity contribution in [3.63, 3.8) is 0 Å². The number of benzene rings is 1. The van der Waals surface area contributed by atoms with Crippen LogP contribution >= 0.6 is 11.3 Å². The fourth-order valence-electron chi connectivity index (χ4n) is 2.13. The van der Waals surface area contributed by atoms with E-state index in [0.717, 1.165) is 22.3 Å². The first kappa shape index (κ1) is 12.9. The summed E-state index contributed by atoms with van der Waals surface area (Å²) in [6, 6.07) is 9.96. The maximum atomic E-state index is 9.75. The first-order valence-electron chi connectivity index (χ1n) is 6.53. The molecule has 2 N–H and O–H groups in total. The van der Waals surface area contributed by atoms with Gasteiger partial charge in [-0.15, -0.1) is 11.3 Å². The topological polar surface area (TPSA) is 45.2 Å². The van der Waals surface area contributed by atoms with Gasteiger partial charge < -0.3 is 10.4 Å². The summed E-state index contributed by atoms with van der Waals surface area (Å²) in [6.07, 6.45) is 1.90. The molecule has 3 rings (SSSR count). The molecule has 4 heteroatoms. The SMILES string of the molecule is Cc1ccc(NC(C)c2cnc3ccsc3c2)cc1O. The second-order valence-corrected chi connectivity index (χ2v) is 5.89. The van der Waals surface area contributed by atoms with Gasteiger partial charge >= 0.3 is 0 Å². The van der Waals surface area contributed by atoms with E-state index in [0.29, 0.717) is 5.75 Å². The van der Waals surface area contributed by atoms with Gasteiger partial charge in [0.05, 0.1) is 16.3 Å². The number of anilines is 1. The summed E-state index contributed by atoms with van der Waals surface area (Å²) in [5.41, 5.74) is 3.97. The normalized spacial score (nSPS) is 12.5. The second-order valence-electron chi connectivity index (χ2n) is 4.94. The summed E-state index contributed by atoms with van der Waals surface area (Å²) < 4.78 is 1.20. The molecule has 0 saturated carbocycles. The Labute approximate surface area is 121 Å². The Morgan fingerprint density at radius 1 is 1.25 bits per heavy atom. The number of nitrogens with zero attached hydrogens (tertiary/aromatic N) is 1. The Morgan fingerprint density at radius 3 is 2.90 bits per heavy atom. The van der Waals surface area contributed by atoms with Crippen molar-refractivity contribution in [3.8, 4) is 5.75 Å². The van der Waals surface area contributed by atoms with E-state index < -0.39 is 0 Å². The van der Waals surface area contributed by atoms with Crippen LogP contribution in [0.2, 0.25) is 0 Å². The van der Waals surface area contributed by atoms with E-state index in [1.165, 1.54) is 4.70 Å². The maximum absolute atomic E-state index is 9.75. The highest BCUT2D eigenvalue weighted by Gasteiger charge is 2.08. The van der Waals surface area contributed by atoms with E-state index in [1.807, 2.05) is 31.3 Å². The molecule has 0 fully saturated rings. The number of hydrogen-bond acceptors (Lipinski definition) is 4. The number of phenols is 1. The summed E-state index contributed by atoms with van der Waals surface area (Å²) in [5.74, 6) is 0.314. The number of fused-ring (bicyclic) bond motifs is 1. The van der Waals surface area contributed by atoms with Crippen LogP contribution in [0.25, 0.3) is 10.2 Å². The molecule has 1 unspecified atom stereocenters. The number of hydrogen-bond donors (Lipinski definition) is 2. The van der Waals surface area contributed by atoms with Gasteiger partial charge in [-0.3, -0.25) is 4.98 Å². The Morgan fingerprint density at radius 2 is 2.10 bits per heavy atom. The molecule has 102 valence electrons. The van der Waals surface area contributed by atoms with Gasteiger partial charge in [0, 0.05) is 18.0 Å². The zero-order valence-corrected chi connectivity index (χ0v) is 12.2. The molecule has 3 aromatic rings. The van der Waals surface area contributed by atoms with Crippen LogP contribution in [0.1, 0.15) is 24.1 Å². The molecular weight excluding hydrogens is 268 g/mol. The molecule has 0 aliphatic carbocycles. The van der Waals surface area contributed by atoms with Crippen molar-refractivity contribution in [2.24, 2.45) is 0 Å². The summed E-state index contributed by atoms with van der Waals surface area (Å²) >= 11 is 1.70. The van der Waals surface area contributed by atoms with Crippen molar-refractivity contribution in [3.05, 3.63) is 53.0 Å². The van der Waals surface area contributed by atoms with Crippen LogP contribution in [0.5, 0.6) is 5.75 Å². The average molecular weight is 284 g/mol. The smallest absolute Gasteiger partial charge is 0.120 e. The number of nitrogens with one attached hydrogen (secondary N) is 1. The lowest BCUT2D eigenvalue weighted by Gasteiger charge is -2.16. The molecule has 1 atom stereocenters. The maximum Gasteiger partial charge on any atom is 0.120 e. The minimum absolute atomic E-state index is 0.135. The number of aromatic hydroxyl groups is 1. The Balaban J connectivity index is 1.84. The van der Waals surface area contributed by atoms with Gasteiger partial charge in [-0.2, -0.15) is 0 Å². The first-order valence-corrected chi connectivity index (χ1v) is 7.41. The number of thiophene rings is 1. The van der Waals surface area contributed by atoms with Gasteiger partial charge in [0.1, 0.15) is 5.75 Å². The third-order valence-electron chi connectivity index (χ3n) is 3.42. The fraction of sp³-hybridized carbons (Fsp3) is 0.188. The molecule has 0 aliphatic heterocycles. The van der Waals surface area contributed by atoms with Crippen LogP contribution in [0.3, 0.4) is 0 Å². The molecule has 0 amide bonds. The van der Waals surface area contributed by atoms with E-state index >= 15 is 0 Å². The number of pyridine rings is 1. The summed E-state index contributed by atoms with van der Waals surface area (Å²) in [4.78, 5) is 4.46. The molecule has 0 saturated heterocycles. The average Bonchev–Trinajstić information content (AvgIpc) is 2.90. The van der Waals surface area contributed by atoms with Crippen molar-refractivity contribution in [2.75, 3.05) is 5.32 Å². The van der Waals surface area contributed by atoms with Crippen molar-refractivity contribution in [1.82, 2.24) is 4.98 Å². The molecular formula is C16H16N2OS. The fourth-order valence-corrected chi connectivity index (χ4v) is 2.92. The highest BCUT2D eigenvalue weighted by atomic mass is 32.1. The van der Waals surface area contributed by atoms with E-state index in [-0.39, 0.29) is 6.04 Å². The number of aromatic nitrogens is 1. The van der Waals surface area contributed by atoms with E-state index in [2.05, 4.69) is 28.7 Å². The number of phenolic OH excluding ortho intramolecular Hbond substituents is 1. The second kappa shape index (κ2) is 5.13. The molecule has 1 aromatic carbocycles. The van der Waals surface area contributed by atoms with Crippen molar-refractivity contribution in [1.29, 1.82) is 0 Å². The quantitative estimate of drug-likeness (QED) is 0.745. The standard InChI is InChI=1S/C16H16N2OS/c1-10-3-4-13(8-15(10)19)18-11(2)12-7-16-14(17-9-12)5-6-20-16/h3-9,11,18-19H,1-2H3. The Kier molecular flexibility index (Phi) is 3.32. The van der Waals surface area contributed by atoms with Crippen molar-refractivity contribution in [2.45, 2.75) is 19.9 Å². The lowest BCUT2D eigenvalue weighted by Crippen LogP contribution is -2.06. The molecule has 20 heavy (non-hydrogen) atoms. The Bertz CT molecular complexity index is 751. The van der Waals surface area contributed by atoms with Gasteiger partial charge in [0.15, 0.2) is 0 Å². The monoisotopic (exact) mass is 284 g/mol. The van der Waals surface area contributed by atoms with Gasteiger partial charge in [-0.1, -0.05) is 6.07 Å². The predicted octanol–water partition coefficient (Wildman–Crippen LogP) is 4.48. The van der Waals surface area contributed by atoms with Gasteiger partial charge in [-0.25, -0.2) is 0 Å². The van der Waals surface area contributed by atoms with Crippen LogP contribution in [-0.4, -0.2) is 10.1 Å². The zero-order valence-electron chi connectivity index (χ0n) is 11.4. The van der Waals surface area contributed by atoms with Crippen LogP contribution < -0.4 is 5.32 Å². The molecule has 0 spiro atoms. The largest absolute Gasteiger partial charge is 0.508 e. The summed E-state index contributed by atoms with van der Waals surface area (Å²) in [6.45, 7) is 3.98. The van der Waals surface area contributed by atoms with E-state index in [4.69, 9.17) is 0 Å². The summed E-state index contributed by atoms with van der Waals surface area (Å²) in [7, 11) is 0. The third kappa shape index (κ3) is 2.47. The van der Waals surface area contributed by atoms with E-state index in [9.17, 15) is 5.11 Å². The van der Waals surface area contributed by atoms with Gasteiger partial charge in [0.2, 0.25) is 0 Å². The highest BCUT2D eigenvalue weighted by molar-refractivity contribution is 7.17. The first-order chi connectivity index (χ1) is 9.63. The van der Waals surface area contributed by atoms with Crippen LogP contribution in [0.4, 0.5) is 5.69 Å². The molecule has 0 radical (unpaired) electrons. The molecule has 0 bridgehead atoms. The van der Waals surface area contributed by atoms with E-state index in [1.54, 1.807) is 17.4 Å². The number of aryl methyl sites for hydroxylation is 1. The Hall–Kier alpha value is -2.07. The molecule has 2 heterocycles. The van der Waals surface area contributed by atoms with Crippen LogP contribution in [0, 0.1) is 6.92 Å². The summed E-state index contributed by atoms with van der Waals surface area (Å²) in [5, 5.41) is 15.2. The lowest BCUT2D eigenvalue weighted by atomic mass is 10.1. The molecule has 2 aromatic heterocycles. The van der Waals surface area contributed by atoms with Crippen LogP contribution in [-0.2, 0) is 0 Å². The minimum Gasteiger partial charge on any atom is -0.508 e. The van der Waals surface area contributed by atoms with Crippen molar-refractivity contribution >= 4 is 27.2 Å². The molecule has 3 nitrogen and oxygen atoms in total. The van der Waals surface area contributed by atoms with Gasteiger partial charge in [0.25, 0.3) is 0 Å². The highest BCUT2D eigenvalue weighted by Crippen LogP contribution is 2.27. The van der Waals surface area contributed by atoms with Crippen LogP contribution in [0.15, 0.2) is 41.9 Å². The lowest BCUT2D eigenvalue weighted by molar-refractivity contribution is 0.471. The van der Waals surface area contributed by atoms with Crippen molar-refractivity contribution < 1.29 is 5.11 Å². The molecule has 0 aliphatic rings. The van der Waals surface area contributed by atoms with Gasteiger partial charge in [-0.05, 0) is 48.6 Å². The minimum atomic E-state index is 0.135.